The molecule has 18 heavy (non-hydrogen) atoms. The Bertz CT molecular complexity index is 593. The summed E-state index contributed by atoms with van der Waals surface area (Å²) in [6.07, 6.45) is -10.2. The second-order valence-electron chi connectivity index (χ2n) is 3.70. The number of imidazole rings is 1. The van der Waals surface area contributed by atoms with Crippen LogP contribution in [0.5, 0.6) is 0 Å². The average molecular weight is 268 g/mol. The lowest BCUT2D eigenvalue weighted by Gasteiger charge is -2.15. The molecule has 0 aliphatic heterocycles. The minimum atomic E-state index is -5.11. The smallest absolute Gasteiger partial charge is 0.342 e. The van der Waals surface area contributed by atoms with Gasteiger partial charge in [-0.25, -0.2) is 4.98 Å². The number of hydrogen-bond donors (Lipinski definition) is 1. The molecule has 0 bridgehead atoms. The molecule has 2 nitrogen and oxygen atoms in total. The van der Waals surface area contributed by atoms with Gasteiger partial charge in [-0.05, 0) is 19.1 Å². The summed E-state index contributed by atoms with van der Waals surface area (Å²) < 4.78 is 76.0. The van der Waals surface area contributed by atoms with Crippen LogP contribution in [0.1, 0.15) is 17.0 Å². The van der Waals surface area contributed by atoms with Crippen molar-refractivity contribution in [3.05, 3.63) is 29.1 Å². The largest absolute Gasteiger partial charge is 0.419 e. The Morgan fingerprint density at radius 1 is 1.00 bits per heavy atom. The minimum Gasteiger partial charge on any atom is -0.342 e. The molecule has 0 fully saturated rings. The van der Waals surface area contributed by atoms with E-state index in [-0.39, 0.29) is 11.3 Å². The van der Waals surface area contributed by atoms with Gasteiger partial charge in [0, 0.05) is 0 Å². The summed E-state index contributed by atoms with van der Waals surface area (Å²) in [5.41, 5.74) is -4.23. The zero-order valence-electron chi connectivity index (χ0n) is 8.87. The summed E-state index contributed by atoms with van der Waals surface area (Å²) in [6.45, 7) is 1.37. The molecule has 1 heterocycles. The zero-order valence-corrected chi connectivity index (χ0v) is 8.87. The first-order valence-electron chi connectivity index (χ1n) is 4.74. The van der Waals surface area contributed by atoms with Crippen LogP contribution in [0.4, 0.5) is 26.3 Å². The topological polar surface area (TPSA) is 28.7 Å². The highest BCUT2D eigenvalue weighted by molar-refractivity contribution is 5.81. The Morgan fingerprint density at radius 2 is 1.61 bits per heavy atom. The fourth-order valence-corrected chi connectivity index (χ4v) is 1.73. The van der Waals surface area contributed by atoms with Crippen LogP contribution in [-0.4, -0.2) is 9.97 Å². The monoisotopic (exact) mass is 268 g/mol. The molecule has 0 spiro atoms. The third-order valence-electron chi connectivity index (χ3n) is 2.37. The number of alkyl halides is 6. The lowest BCUT2D eigenvalue weighted by Crippen LogP contribution is -2.17. The Hall–Kier alpha value is -1.73. The number of fused-ring (bicyclic) bond motifs is 1. The van der Waals surface area contributed by atoms with E-state index in [0.717, 1.165) is 6.07 Å². The highest BCUT2D eigenvalue weighted by atomic mass is 19.4. The third kappa shape index (κ3) is 2.02. The van der Waals surface area contributed by atoms with Gasteiger partial charge in [0.25, 0.3) is 0 Å². The molecule has 1 N–H and O–H groups in total. The molecule has 1 aromatic heterocycles. The molecule has 2 aromatic rings. The van der Waals surface area contributed by atoms with Gasteiger partial charge in [0.1, 0.15) is 5.82 Å². The van der Waals surface area contributed by atoms with E-state index in [2.05, 4.69) is 9.97 Å². The van der Waals surface area contributed by atoms with Crippen molar-refractivity contribution in [3.8, 4) is 0 Å². The van der Waals surface area contributed by atoms with E-state index in [4.69, 9.17) is 0 Å². The van der Waals surface area contributed by atoms with E-state index >= 15 is 0 Å². The predicted molar refractivity (Wildman–Crippen MR) is 50.8 cm³/mol. The number of benzene rings is 1. The van der Waals surface area contributed by atoms with Crippen LogP contribution >= 0.6 is 0 Å². The molecule has 8 heteroatoms. The van der Waals surface area contributed by atoms with Crippen molar-refractivity contribution in [2.75, 3.05) is 0 Å². The van der Waals surface area contributed by atoms with E-state index in [1.165, 1.54) is 6.92 Å². The quantitative estimate of drug-likeness (QED) is 0.721. The van der Waals surface area contributed by atoms with Gasteiger partial charge in [0.15, 0.2) is 0 Å². The number of aromatic amines is 1. The van der Waals surface area contributed by atoms with Crippen LogP contribution in [0, 0.1) is 6.92 Å². The van der Waals surface area contributed by atoms with Gasteiger partial charge in [-0.2, -0.15) is 26.3 Å². The van der Waals surface area contributed by atoms with Crippen molar-refractivity contribution >= 4 is 11.0 Å². The molecular formula is C10H6F6N2. The van der Waals surface area contributed by atoms with Gasteiger partial charge in [0.2, 0.25) is 0 Å². The summed E-state index contributed by atoms with van der Waals surface area (Å²) in [6, 6.07) is 1.31. The first-order valence-corrected chi connectivity index (χ1v) is 4.74. The molecule has 2 rings (SSSR count). The standard InChI is InChI=1S/C10H6F6N2/c1-4-17-6-3-2-5(9(11,12)13)7(8(6)18-4)10(14,15)16/h2-3H,1H3,(H,17,18). The summed E-state index contributed by atoms with van der Waals surface area (Å²) in [7, 11) is 0. The summed E-state index contributed by atoms with van der Waals surface area (Å²) in [5.74, 6) is 0.120. The third-order valence-corrected chi connectivity index (χ3v) is 2.37. The molecule has 0 aliphatic rings. The average Bonchev–Trinajstić information content (AvgIpc) is 2.52. The van der Waals surface area contributed by atoms with Gasteiger partial charge < -0.3 is 4.98 Å². The molecule has 0 atom stereocenters. The Kier molecular flexibility index (Phi) is 2.56. The van der Waals surface area contributed by atoms with E-state index < -0.39 is 29.0 Å². The van der Waals surface area contributed by atoms with Crippen molar-refractivity contribution in [3.63, 3.8) is 0 Å². The zero-order chi connectivity index (χ0) is 13.7. The van der Waals surface area contributed by atoms with Gasteiger partial charge in [0.05, 0.1) is 22.2 Å². The lowest BCUT2D eigenvalue weighted by atomic mass is 10.0. The van der Waals surface area contributed by atoms with Crippen LogP contribution < -0.4 is 0 Å². The fraction of sp³-hybridized carbons (Fsp3) is 0.300. The van der Waals surface area contributed by atoms with Crippen molar-refractivity contribution < 1.29 is 26.3 Å². The number of aromatic nitrogens is 2. The minimum absolute atomic E-state index is 0.120. The number of H-pyrrole nitrogens is 1. The highest BCUT2D eigenvalue weighted by Gasteiger charge is 2.44. The molecule has 0 aliphatic carbocycles. The molecule has 0 saturated carbocycles. The van der Waals surface area contributed by atoms with E-state index in [9.17, 15) is 26.3 Å². The van der Waals surface area contributed by atoms with Crippen molar-refractivity contribution in [1.82, 2.24) is 9.97 Å². The molecule has 0 unspecified atom stereocenters. The van der Waals surface area contributed by atoms with Crippen LogP contribution in [0.2, 0.25) is 0 Å². The Morgan fingerprint density at radius 3 is 2.11 bits per heavy atom. The molecular weight excluding hydrogens is 262 g/mol. The van der Waals surface area contributed by atoms with E-state index in [1.54, 1.807) is 0 Å². The first-order chi connectivity index (χ1) is 8.10. The molecule has 1 aromatic carbocycles. The molecule has 98 valence electrons. The lowest BCUT2D eigenvalue weighted by molar-refractivity contribution is -0.161. The number of halogens is 6. The highest BCUT2D eigenvalue weighted by Crippen LogP contribution is 2.43. The van der Waals surface area contributed by atoms with Crippen molar-refractivity contribution in [2.24, 2.45) is 0 Å². The Labute approximate surface area is 96.6 Å². The van der Waals surface area contributed by atoms with Crippen LogP contribution in [0.15, 0.2) is 12.1 Å². The maximum Gasteiger partial charge on any atom is 0.419 e. The van der Waals surface area contributed by atoms with Gasteiger partial charge in [-0.3, -0.25) is 0 Å². The molecule has 0 saturated heterocycles. The number of aryl methyl sites for hydroxylation is 1. The molecule has 0 radical (unpaired) electrons. The number of hydrogen-bond acceptors (Lipinski definition) is 1. The summed E-state index contributed by atoms with van der Waals surface area (Å²) in [5, 5.41) is 0. The summed E-state index contributed by atoms with van der Waals surface area (Å²) >= 11 is 0. The maximum atomic E-state index is 12.8. The maximum absolute atomic E-state index is 12.8. The van der Waals surface area contributed by atoms with Crippen LogP contribution in [0.3, 0.4) is 0 Å². The van der Waals surface area contributed by atoms with Crippen LogP contribution in [0.25, 0.3) is 11.0 Å². The van der Waals surface area contributed by atoms with Gasteiger partial charge in [-0.1, -0.05) is 0 Å². The molecule has 0 amide bonds. The van der Waals surface area contributed by atoms with Gasteiger partial charge >= 0.3 is 12.4 Å². The SMILES string of the molecule is Cc1nc2ccc(C(F)(F)F)c(C(F)(F)F)c2[nH]1. The van der Waals surface area contributed by atoms with Crippen molar-refractivity contribution in [1.29, 1.82) is 0 Å². The summed E-state index contributed by atoms with van der Waals surface area (Å²) in [4.78, 5) is 5.90. The second kappa shape index (κ2) is 3.63. The predicted octanol–water partition coefficient (Wildman–Crippen LogP) is 3.91. The van der Waals surface area contributed by atoms with E-state index in [0.29, 0.717) is 6.07 Å². The fourth-order valence-electron chi connectivity index (χ4n) is 1.73. The normalized spacial score (nSPS) is 13.3. The number of nitrogens with one attached hydrogen (secondary N) is 1. The van der Waals surface area contributed by atoms with Crippen LogP contribution in [-0.2, 0) is 12.4 Å². The van der Waals surface area contributed by atoms with Crippen molar-refractivity contribution in [2.45, 2.75) is 19.3 Å². The Balaban J connectivity index is 2.88. The second-order valence-corrected chi connectivity index (χ2v) is 3.70. The first kappa shape index (κ1) is 12.7. The number of nitrogens with zero attached hydrogens (tertiary/aromatic N) is 1. The van der Waals surface area contributed by atoms with E-state index in [1.807, 2.05) is 0 Å². The van der Waals surface area contributed by atoms with Gasteiger partial charge in [-0.15, -0.1) is 0 Å². The number of rotatable bonds is 0.